The first-order valence-corrected chi connectivity index (χ1v) is 13.3. The lowest BCUT2D eigenvalue weighted by molar-refractivity contribution is -0.125. The molecule has 0 radical (unpaired) electrons. The van der Waals surface area contributed by atoms with Gasteiger partial charge in [-0.15, -0.1) is 0 Å². The number of hydrogen-bond donors (Lipinski definition) is 0. The van der Waals surface area contributed by atoms with Gasteiger partial charge in [-0.25, -0.2) is 9.48 Å². The lowest BCUT2D eigenvalue weighted by atomic mass is 10.00. The number of ether oxygens (including phenoxy) is 3. The highest BCUT2D eigenvalue weighted by atomic mass is 28.3. The molecule has 152 valence electrons. The Labute approximate surface area is 167 Å². The molecule has 8 heteroatoms. The number of carbonyl (C=O) groups excluding carboxylic acids is 1. The van der Waals surface area contributed by atoms with E-state index in [1.54, 1.807) is 13.2 Å². The number of fused-ring (bicyclic) bond motifs is 1. The summed E-state index contributed by atoms with van der Waals surface area (Å²) in [5, 5.41) is 4.31. The van der Waals surface area contributed by atoms with Gasteiger partial charge in [-0.2, -0.15) is 5.10 Å². The van der Waals surface area contributed by atoms with Gasteiger partial charge in [0, 0.05) is 39.7 Å². The quantitative estimate of drug-likeness (QED) is 0.399. The summed E-state index contributed by atoms with van der Waals surface area (Å²) < 4.78 is 18.8. The molecule has 0 fully saturated rings. The molecule has 1 aliphatic rings. The summed E-state index contributed by atoms with van der Waals surface area (Å²) in [5.41, 5.74) is 2.93. The second-order valence-electron chi connectivity index (χ2n) is 8.18. The summed E-state index contributed by atoms with van der Waals surface area (Å²) in [6.45, 7) is 8.23. The number of rotatable bonds is 7. The molecule has 0 aliphatic carbocycles. The van der Waals surface area contributed by atoms with Crippen LogP contribution in [0.3, 0.4) is 0 Å². The first-order valence-electron chi connectivity index (χ1n) is 9.58. The van der Waals surface area contributed by atoms with Crippen LogP contribution >= 0.6 is 0 Å². The van der Waals surface area contributed by atoms with E-state index >= 15 is 0 Å². The molecular formula is C20H29N3O4Si. The van der Waals surface area contributed by atoms with E-state index in [0.29, 0.717) is 13.2 Å². The van der Waals surface area contributed by atoms with Crippen LogP contribution in [0.1, 0.15) is 17.4 Å². The van der Waals surface area contributed by atoms with Crippen LogP contribution < -0.4 is 0 Å². The predicted molar refractivity (Wildman–Crippen MR) is 109 cm³/mol. The lowest BCUT2D eigenvalue weighted by Gasteiger charge is -2.28. The molecule has 1 amide bonds. The van der Waals surface area contributed by atoms with E-state index in [4.69, 9.17) is 14.2 Å². The molecule has 2 heterocycles. The van der Waals surface area contributed by atoms with Crippen molar-refractivity contribution in [1.82, 2.24) is 14.7 Å². The van der Waals surface area contributed by atoms with Crippen molar-refractivity contribution >= 4 is 14.2 Å². The molecule has 0 saturated carbocycles. The number of amides is 1. The normalized spacial score (nSPS) is 16.5. The molecule has 7 nitrogen and oxygen atoms in total. The maximum absolute atomic E-state index is 12.5. The highest BCUT2D eigenvalue weighted by molar-refractivity contribution is 6.76. The third kappa shape index (κ3) is 5.21. The van der Waals surface area contributed by atoms with Crippen LogP contribution in [0.15, 0.2) is 36.7 Å². The summed E-state index contributed by atoms with van der Waals surface area (Å²) in [4.78, 5) is 13.9. The first-order chi connectivity index (χ1) is 13.3. The summed E-state index contributed by atoms with van der Waals surface area (Å²) >= 11 is 0. The van der Waals surface area contributed by atoms with E-state index in [1.165, 1.54) is 4.90 Å². The molecule has 28 heavy (non-hydrogen) atoms. The van der Waals surface area contributed by atoms with Gasteiger partial charge in [-0.1, -0.05) is 31.8 Å². The molecule has 1 unspecified atom stereocenters. The molecule has 1 aromatic carbocycles. The molecule has 0 spiro atoms. The van der Waals surface area contributed by atoms with Crippen molar-refractivity contribution < 1.29 is 19.0 Å². The van der Waals surface area contributed by atoms with Gasteiger partial charge in [-0.3, -0.25) is 4.90 Å². The summed E-state index contributed by atoms with van der Waals surface area (Å²) in [5.74, 6) is 0. The summed E-state index contributed by atoms with van der Waals surface area (Å²) in [6.07, 6.45) is 3.20. The van der Waals surface area contributed by atoms with Gasteiger partial charge >= 0.3 is 6.09 Å². The lowest BCUT2D eigenvalue weighted by Crippen LogP contribution is -2.33. The average Bonchev–Trinajstić information content (AvgIpc) is 3.18. The topological polar surface area (TPSA) is 65.8 Å². The molecule has 0 bridgehead atoms. The maximum Gasteiger partial charge on any atom is 0.413 e. The highest BCUT2D eigenvalue weighted by Crippen LogP contribution is 2.32. The van der Waals surface area contributed by atoms with Crippen molar-refractivity contribution in [1.29, 1.82) is 0 Å². The Bertz CT molecular complexity index is 789. The minimum absolute atomic E-state index is 0.205. The van der Waals surface area contributed by atoms with Crippen LogP contribution in [0.5, 0.6) is 0 Å². The van der Waals surface area contributed by atoms with Crippen molar-refractivity contribution in [3.05, 3.63) is 47.8 Å². The molecule has 0 saturated heterocycles. The van der Waals surface area contributed by atoms with Gasteiger partial charge < -0.3 is 14.2 Å². The Morgan fingerprint density at radius 3 is 2.89 bits per heavy atom. The van der Waals surface area contributed by atoms with Crippen molar-refractivity contribution in [3.8, 4) is 5.69 Å². The van der Waals surface area contributed by atoms with E-state index in [9.17, 15) is 4.79 Å². The predicted octanol–water partition coefficient (Wildman–Crippen LogP) is 3.82. The SMILES string of the molecule is CN(COCC[Si](C)(C)C)C(=O)OC1OCCc2c1cccc2-n1cccn1. The van der Waals surface area contributed by atoms with Gasteiger partial charge in [0.05, 0.1) is 12.3 Å². The number of carbonyl (C=O) groups is 1. The molecule has 0 N–H and O–H groups in total. The van der Waals surface area contributed by atoms with E-state index in [2.05, 4.69) is 24.7 Å². The Morgan fingerprint density at radius 1 is 1.36 bits per heavy atom. The molecule has 1 atom stereocenters. The fourth-order valence-electron chi connectivity index (χ4n) is 2.98. The van der Waals surface area contributed by atoms with Gasteiger partial charge in [-0.05, 0) is 30.2 Å². The number of nitrogens with zero attached hydrogens (tertiary/aromatic N) is 3. The van der Waals surface area contributed by atoms with Gasteiger partial charge in [0.15, 0.2) is 0 Å². The minimum Gasteiger partial charge on any atom is -0.415 e. The van der Waals surface area contributed by atoms with Crippen LogP contribution in [0.25, 0.3) is 5.69 Å². The van der Waals surface area contributed by atoms with Crippen LogP contribution in [-0.4, -0.2) is 55.8 Å². The van der Waals surface area contributed by atoms with Crippen molar-refractivity contribution in [2.75, 3.05) is 27.0 Å². The first kappa shape index (κ1) is 20.6. The van der Waals surface area contributed by atoms with Gasteiger partial charge in [0.1, 0.15) is 6.73 Å². The van der Waals surface area contributed by atoms with E-state index < -0.39 is 20.5 Å². The summed E-state index contributed by atoms with van der Waals surface area (Å²) in [6, 6.07) is 8.81. The molecule has 3 rings (SSSR count). The maximum atomic E-state index is 12.5. The zero-order valence-electron chi connectivity index (χ0n) is 17.1. The van der Waals surface area contributed by atoms with Gasteiger partial charge in [0.2, 0.25) is 6.29 Å². The van der Waals surface area contributed by atoms with Gasteiger partial charge in [0.25, 0.3) is 0 Å². The third-order valence-electron chi connectivity index (χ3n) is 4.61. The molecule has 1 aliphatic heterocycles. The van der Waals surface area contributed by atoms with Crippen LogP contribution in [0, 0.1) is 0 Å². The Kier molecular flexibility index (Phi) is 6.53. The molecule has 1 aromatic heterocycles. The van der Waals surface area contributed by atoms with E-state index in [1.807, 2.05) is 35.1 Å². The van der Waals surface area contributed by atoms with E-state index in [0.717, 1.165) is 29.3 Å². The van der Waals surface area contributed by atoms with Crippen LogP contribution in [0.2, 0.25) is 25.7 Å². The Hall–Kier alpha value is -2.16. The zero-order valence-corrected chi connectivity index (χ0v) is 18.1. The number of benzene rings is 1. The Balaban J connectivity index is 1.62. The Morgan fingerprint density at radius 2 is 2.18 bits per heavy atom. The zero-order chi connectivity index (χ0) is 20.1. The average molecular weight is 404 g/mol. The number of hydrogen-bond acceptors (Lipinski definition) is 5. The van der Waals surface area contributed by atoms with E-state index in [-0.39, 0.29) is 6.73 Å². The standard InChI is InChI=1S/C20H29N3O4Si/c1-22(15-25-13-14-28(2,3)4)20(24)27-19-17-7-5-8-18(16(17)9-12-26-19)23-11-6-10-21-23/h5-8,10-11,19H,9,12-15H2,1-4H3. The minimum atomic E-state index is -1.15. The molecular weight excluding hydrogens is 374 g/mol. The highest BCUT2D eigenvalue weighted by Gasteiger charge is 2.28. The second-order valence-corrected chi connectivity index (χ2v) is 13.8. The monoisotopic (exact) mass is 403 g/mol. The molecule has 2 aromatic rings. The fraction of sp³-hybridized carbons (Fsp3) is 0.500. The van der Waals surface area contributed by atoms with Crippen molar-refractivity contribution in [3.63, 3.8) is 0 Å². The largest absolute Gasteiger partial charge is 0.415 e. The summed E-state index contributed by atoms with van der Waals surface area (Å²) in [7, 11) is 0.521. The third-order valence-corrected chi connectivity index (χ3v) is 6.32. The van der Waals surface area contributed by atoms with Crippen LogP contribution in [0.4, 0.5) is 4.79 Å². The van der Waals surface area contributed by atoms with Crippen molar-refractivity contribution in [2.45, 2.75) is 38.4 Å². The second kappa shape index (κ2) is 8.89. The number of aromatic nitrogens is 2. The van der Waals surface area contributed by atoms with Crippen LogP contribution in [-0.2, 0) is 20.6 Å². The van der Waals surface area contributed by atoms with Crippen molar-refractivity contribution in [2.24, 2.45) is 0 Å². The smallest absolute Gasteiger partial charge is 0.413 e. The fourth-order valence-corrected chi connectivity index (χ4v) is 3.74.